The third kappa shape index (κ3) is 1.73. The fourth-order valence-corrected chi connectivity index (χ4v) is 3.85. The van der Waals surface area contributed by atoms with Gasteiger partial charge in [0.1, 0.15) is 0 Å². The first-order valence-corrected chi connectivity index (χ1v) is 7.38. The smallest absolute Gasteiger partial charge is 0.234 e. The van der Waals surface area contributed by atoms with Gasteiger partial charge in [0.05, 0.1) is 11.5 Å². The molecule has 20 heavy (non-hydrogen) atoms. The third-order valence-electron chi connectivity index (χ3n) is 4.22. The number of hydrogen-bond donors (Lipinski definition) is 2. The van der Waals surface area contributed by atoms with E-state index >= 15 is 0 Å². The molecule has 2 aromatic rings. The Labute approximate surface area is 121 Å². The van der Waals surface area contributed by atoms with Gasteiger partial charge in [0.2, 0.25) is 5.91 Å². The molecule has 2 atom stereocenters. The number of guanidine groups is 1. The highest BCUT2D eigenvalue weighted by Gasteiger charge is 2.45. The molecule has 104 valence electrons. The molecule has 4 nitrogen and oxygen atoms in total. The lowest BCUT2D eigenvalue weighted by molar-refractivity contribution is -0.134. The molecule has 5 heteroatoms. The SMILES string of the molecule is C[C@@H]1C(=O)N(C)C(=N)N[C@]1(C)c1cc2ccccc2s1. The van der Waals surface area contributed by atoms with Crippen molar-refractivity contribution in [1.29, 1.82) is 5.41 Å². The Morgan fingerprint density at radius 1 is 1.40 bits per heavy atom. The van der Waals surface area contributed by atoms with Crippen molar-refractivity contribution in [3.8, 4) is 0 Å². The molecule has 2 N–H and O–H groups in total. The number of carbonyl (C=O) groups is 1. The zero-order chi connectivity index (χ0) is 14.5. The predicted octanol–water partition coefficient (Wildman–Crippen LogP) is 2.75. The van der Waals surface area contributed by atoms with Crippen LogP contribution < -0.4 is 5.32 Å². The minimum Gasteiger partial charge on any atom is -0.345 e. The van der Waals surface area contributed by atoms with E-state index in [1.54, 1.807) is 18.4 Å². The number of carbonyl (C=O) groups excluding carboxylic acids is 1. The second kappa shape index (κ2) is 4.31. The first-order chi connectivity index (χ1) is 9.43. The maximum absolute atomic E-state index is 12.3. The molecule has 0 aliphatic carbocycles. The van der Waals surface area contributed by atoms with Crippen LogP contribution in [0.1, 0.15) is 18.7 Å². The van der Waals surface area contributed by atoms with E-state index in [0.717, 1.165) is 4.88 Å². The monoisotopic (exact) mass is 287 g/mol. The van der Waals surface area contributed by atoms with E-state index in [1.807, 2.05) is 26.0 Å². The Morgan fingerprint density at radius 2 is 2.10 bits per heavy atom. The summed E-state index contributed by atoms with van der Waals surface area (Å²) in [7, 11) is 1.64. The summed E-state index contributed by atoms with van der Waals surface area (Å²) in [4.78, 5) is 14.8. The van der Waals surface area contributed by atoms with Crippen LogP contribution in [0.2, 0.25) is 0 Å². The third-order valence-corrected chi connectivity index (χ3v) is 5.57. The highest BCUT2D eigenvalue weighted by molar-refractivity contribution is 7.19. The lowest BCUT2D eigenvalue weighted by Crippen LogP contribution is -2.62. The summed E-state index contributed by atoms with van der Waals surface area (Å²) in [5, 5.41) is 12.3. The zero-order valence-corrected chi connectivity index (χ0v) is 12.5. The minimum atomic E-state index is -0.523. The molecule has 1 aromatic heterocycles. The van der Waals surface area contributed by atoms with Gasteiger partial charge in [-0.25, -0.2) is 0 Å². The Bertz CT molecular complexity index is 675. The average Bonchev–Trinajstić information content (AvgIpc) is 2.87. The quantitative estimate of drug-likeness (QED) is 0.847. The Hall–Kier alpha value is -1.88. The van der Waals surface area contributed by atoms with Crippen LogP contribution in [0.4, 0.5) is 0 Å². The van der Waals surface area contributed by atoms with Gasteiger partial charge < -0.3 is 5.32 Å². The average molecular weight is 287 g/mol. The number of amides is 1. The van der Waals surface area contributed by atoms with E-state index in [4.69, 9.17) is 5.41 Å². The lowest BCUT2D eigenvalue weighted by Gasteiger charge is -2.43. The Balaban J connectivity index is 2.11. The van der Waals surface area contributed by atoms with Crippen LogP contribution in [-0.4, -0.2) is 23.8 Å². The van der Waals surface area contributed by atoms with E-state index in [2.05, 4.69) is 23.5 Å². The van der Waals surface area contributed by atoms with Gasteiger partial charge in [0, 0.05) is 16.6 Å². The van der Waals surface area contributed by atoms with E-state index in [9.17, 15) is 4.79 Å². The number of benzene rings is 1. The summed E-state index contributed by atoms with van der Waals surface area (Å²) in [5.41, 5.74) is -0.523. The molecule has 1 aliphatic rings. The van der Waals surface area contributed by atoms with Gasteiger partial charge >= 0.3 is 0 Å². The van der Waals surface area contributed by atoms with E-state index in [0.29, 0.717) is 0 Å². The highest BCUT2D eigenvalue weighted by atomic mass is 32.1. The fraction of sp³-hybridized carbons (Fsp3) is 0.333. The molecule has 1 saturated heterocycles. The van der Waals surface area contributed by atoms with Gasteiger partial charge in [-0.05, 0) is 24.4 Å². The van der Waals surface area contributed by atoms with Gasteiger partial charge in [-0.15, -0.1) is 11.3 Å². The zero-order valence-electron chi connectivity index (χ0n) is 11.7. The number of thiophene rings is 1. The molecule has 0 spiro atoms. The maximum atomic E-state index is 12.3. The molecule has 3 rings (SSSR count). The van der Waals surface area contributed by atoms with Crippen molar-refractivity contribution in [2.24, 2.45) is 5.92 Å². The van der Waals surface area contributed by atoms with Gasteiger partial charge in [0.15, 0.2) is 5.96 Å². The standard InChI is InChI=1S/C15H17N3OS/c1-9-13(19)18(3)14(16)17-15(9,2)12-8-10-6-4-5-7-11(10)20-12/h4-9H,1-3H3,(H2,16,17)/t9-,15+/m1/s1. The summed E-state index contributed by atoms with van der Waals surface area (Å²) >= 11 is 1.68. The minimum absolute atomic E-state index is 0.0197. The van der Waals surface area contributed by atoms with Crippen molar-refractivity contribution in [2.45, 2.75) is 19.4 Å². The largest absolute Gasteiger partial charge is 0.345 e. The van der Waals surface area contributed by atoms with Crippen LogP contribution in [0.25, 0.3) is 10.1 Å². The van der Waals surface area contributed by atoms with Crippen molar-refractivity contribution in [3.05, 3.63) is 35.2 Å². The molecule has 1 fully saturated rings. The van der Waals surface area contributed by atoms with E-state index in [1.165, 1.54) is 15.0 Å². The van der Waals surface area contributed by atoms with E-state index in [-0.39, 0.29) is 17.8 Å². The summed E-state index contributed by atoms with van der Waals surface area (Å²) in [6.45, 7) is 3.92. The maximum Gasteiger partial charge on any atom is 0.234 e. The van der Waals surface area contributed by atoms with Crippen molar-refractivity contribution >= 4 is 33.3 Å². The van der Waals surface area contributed by atoms with Crippen molar-refractivity contribution < 1.29 is 4.79 Å². The van der Waals surface area contributed by atoms with Crippen LogP contribution in [-0.2, 0) is 10.3 Å². The normalized spacial score (nSPS) is 26.9. The van der Waals surface area contributed by atoms with Gasteiger partial charge in [-0.1, -0.05) is 25.1 Å². The second-order valence-electron chi connectivity index (χ2n) is 5.44. The number of rotatable bonds is 1. The van der Waals surface area contributed by atoms with Crippen molar-refractivity contribution in [2.75, 3.05) is 7.05 Å². The first kappa shape index (κ1) is 13.1. The number of hydrogen-bond acceptors (Lipinski definition) is 3. The summed E-state index contributed by atoms with van der Waals surface area (Å²) in [6.07, 6.45) is 0. The molecule has 1 amide bonds. The Morgan fingerprint density at radius 3 is 2.80 bits per heavy atom. The molecule has 1 aromatic carbocycles. The van der Waals surface area contributed by atoms with Crippen LogP contribution in [0, 0.1) is 11.3 Å². The number of nitrogens with zero attached hydrogens (tertiary/aromatic N) is 1. The van der Waals surface area contributed by atoms with Crippen LogP contribution in [0.15, 0.2) is 30.3 Å². The molecular formula is C15H17N3OS. The van der Waals surface area contributed by atoms with Gasteiger partial charge in [0.25, 0.3) is 0 Å². The van der Waals surface area contributed by atoms with Crippen molar-refractivity contribution in [1.82, 2.24) is 10.2 Å². The highest BCUT2D eigenvalue weighted by Crippen LogP contribution is 2.39. The topological polar surface area (TPSA) is 56.2 Å². The molecule has 1 aliphatic heterocycles. The van der Waals surface area contributed by atoms with Crippen LogP contribution in [0.3, 0.4) is 0 Å². The van der Waals surface area contributed by atoms with Gasteiger partial charge in [-0.2, -0.15) is 0 Å². The summed E-state index contributed by atoms with van der Waals surface area (Å²) in [5.74, 6) is -0.0728. The summed E-state index contributed by atoms with van der Waals surface area (Å²) < 4.78 is 1.20. The van der Waals surface area contributed by atoms with Crippen LogP contribution in [0.5, 0.6) is 0 Å². The molecular weight excluding hydrogens is 270 g/mol. The van der Waals surface area contributed by atoms with Gasteiger partial charge in [-0.3, -0.25) is 15.1 Å². The van der Waals surface area contributed by atoms with E-state index < -0.39 is 5.54 Å². The molecule has 0 bridgehead atoms. The predicted molar refractivity (Wildman–Crippen MR) is 82.0 cm³/mol. The lowest BCUT2D eigenvalue weighted by atomic mass is 9.82. The van der Waals surface area contributed by atoms with Crippen molar-refractivity contribution in [3.63, 3.8) is 0 Å². The number of nitrogens with one attached hydrogen (secondary N) is 2. The first-order valence-electron chi connectivity index (χ1n) is 6.57. The molecule has 0 saturated carbocycles. The fourth-order valence-electron chi connectivity index (χ4n) is 2.60. The molecule has 2 heterocycles. The van der Waals surface area contributed by atoms with Crippen LogP contribution >= 0.6 is 11.3 Å². The molecule has 0 unspecified atom stereocenters. The number of fused-ring (bicyclic) bond motifs is 1. The molecule has 0 radical (unpaired) electrons. The second-order valence-corrected chi connectivity index (χ2v) is 6.53. The summed E-state index contributed by atoms with van der Waals surface area (Å²) in [6, 6.07) is 10.3. The Kier molecular flexibility index (Phi) is 2.83.